The number of hydrogen-bond acceptors (Lipinski definition) is 3. The van der Waals surface area contributed by atoms with Crippen molar-refractivity contribution >= 4 is 35.0 Å². The van der Waals surface area contributed by atoms with Crippen LogP contribution >= 0.6 is 23.2 Å². The number of nitrogens with one attached hydrogen (secondary N) is 1. The van der Waals surface area contributed by atoms with Gasteiger partial charge in [-0.05, 0) is 62.1 Å². The summed E-state index contributed by atoms with van der Waals surface area (Å²) in [5, 5.41) is 3.84. The minimum absolute atomic E-state index is 0.118. The molecule has 2 aromatic carbocycles. The molecule has 2 rings (SSSR count). The van der Waals surface area contributed by atoms with Gasteiger partial charge >= 0.3 is 0 Å². The van der Waals surface area contributed by atoms with Gasteiger partial charge in [-0.15, -0.1) is 0 Å². The highest BCUT2D eigenvalue weighted by Crippen LogP contribution is 2.27. The van der Waals surface area contributed by atoms with E-state index in [0.717, 1.165) is 24.0 Å². The Morgan fingerprint density at radius 1 is 1.06 bits per heavy atom. The van der Waals surface area contributed by atoms with Crippen molar-refractivity contribution < 1.29 is 14.3 Å². The van der Waals surface area contributed by atoms with Gasteiger partial charge in [0.05, 0.1) is 0 Å². The van der Waals surface area contributed by atoms with Crippen LogP contribution in [0.1, 0.15) is 49.8 Å². The lowest BCUT2D eigenvalue weighted by molar-refractivity contribution is -0.143. The van der Waals surface area contributed by atoms with E-state index in [2.05, 4.69) is 12.2 Å². The van der Waals surface area contributed by atoms with Crippen molar-refractivity contribution in [3.63, 3.8) is 0 Å². The van der Waals surface area contributed by atoms with Gasteiger partial charge in [-0.1, -0.05) is 55.6 Å². The highest BCUT2D eigenvalue weighted by atomic mass is 35.5. The molecule has 0 fully saturated rings. The van der Waals surface area contributed by atoms with E-state index in [9.17, 15) is 9.59 Å². The zero-order chi connectivity index (χ0) is 23.7. The summed E-state index contributed by atoms with van der Waals surface area (Å²) in [4.78, 5) is 27.7. The van der Waals surface area contributed by atoms with Crippen LogP contribution in [0.3, 0.4) is 0 Å². The average Bonchev–Trinajstić information content (AvgIpc) is 2.73. The number of ether oxygens (including phenoxy) is 1. The molecule has 0 aliphatic heterocycles. The number of carbonyl (C=O) groups excluding carboxylic acids is 2. The molecule has 174 valence electrons. The average molecular weight is 479 g/mol. The van der Waals surface area contributed by atoms with Crippen LogP contribution in [0.25, 0.3) is 0 Å². The molecule has 0 saturated carbocycles. The Morgan fingerprint density at radius 2 is 1.69 bits per heavy atom. The third kappa shape index (κ3) is 7.42. The number of aryl methyl sites for hydroxylation is 2. The minimum Gasteiger partial charge on any atom is -0.484 e. The Balaban J connectivity index is 2.26. The van der Waals surface area contributed by atoms with Crippen LogP contribution in [-0.4, -0.2) is 35.9 Å². The molecular formula is C25H32Cl2N2O3. The van der Waals surface area contributed by atoms with E-state index in [4.69, 9.17) is 27.9 Å². The van der Waals surface area contributed by atoms with E-state index < -0.39 is 6.04 Å². The van der Waals surface area contributed by atoms with E-state index in [-0.39, 0.29) is 25.0 Å². The highest BCUT2D eigenvalue weighted by molar-refractivity contribution is 6.36. The molecule has 0 bridgehead atoms. The summed E-state index contributed by atoms with van der Waals surface area (Å²) < 4.78 is 5.79. The van der Waals surface area contributed by atoms with Gasteiger partial charge in [0.15, 0.2) is 6.61 Å². The molecule has 0 radical (unpaired) electrons. The van der Waals surface area contributed by atoms with Crippen molar-refractivity contribution in [1.29, 1.82) is 0 Å². The van der Waals surface area contributed by atoms with Gasteiger partial charge in [0.1, 0.15) is 11.8 Å². The van der Waals surface area contributed by atoms with Gasteiger partial charge in [0.2, 0.25) is 5.91 Å². The van der Waals surface area contributed by atoms with E-state index in [1.165, 1.54) is 4.90 Å². The lowest BCUT2D eigenvalue weighted by atomic mass is 10.1. The molecule has 32 heavy (non-hydrogen) atoms. The van der Waals surface area contributed by atoms with Gasteiger partial charge in [0, 0.05) is 28.7 Å². The standard InChI is InChI=1S/C25H32Cl2N2O3/c1-5-7-11-28-25(31)23(6-2)29(15-20-21(26)9-8-10-22(20)27)24(30)16-32-19-13-17(3)12-18(4)14-19/h8-10,12-14,23H,5-7,11,15-16H2,1-4H3,(H,28,31)/t23-/m0/s1. The molecule has 2 amide bonds. The van der Waals surface area contributed by atoms with Crippen LogP contribution in [-0.2, 0) is 16.1 Å². The smallest absolute Gasteiger partial charge is 0.261 e. The number of benzene rings is 2. The summed E-state index contributed by atoms with van der Waals surface area (Å²) in [7, 11) is 0. The van der Waals surface area contributed by atoms with Crippen molar-refractivity contribution in [3.8, 4) is 5.75 Å². The number of amides is 2. The Labute approximate surface area is 201 Å². The summed E-state index contributed by atoms with van der Waals surface area (Å²) >= 11 is 12.7. The molecule has 0 saturated heterocycles. The summed E-state index contributed by atoms with van der Waals surface area (Å²) in [5.74, 6) is 0.119. The van der Waals surface area contributed by atoms with Gasteiger partial charge in [0.25, 0.3) is 5.91 Å². The Bertz CT molecular complexity index is 893. The summed E-state index contributed by atoms with van der Waals surface area (Å²) in [5.41, 5.74) is 2.71. The summed E-state index contributed by atoms with van der Waals surface area (Å²) in [6.07, 6.45) is 2.30. The normalized spacial score (nSPS) is 11.7. The van der Waals surface area contributed by atoms with Crippen molar-refractivity contribution in [2.75, 3.05) is 13.2 Å². The maximum absolute atomic E-state index is 13.3. The predicted octanol–water partition coefficient (Wildman–Crippen LogP) is 5.71. The van der Waals surface area contributed by atoms with E-state index in [1.807, 2.05) is 39.0 Å². The van der Waals surface area contributed by atoms with Crippen LogP contribution in [0.15, 0.2) is 36.4 Å². The fourth-order valence-corrected chi connectivity index (χ4v) is 4.04. The third-order valence-corrected chi connectivity index (χ3v) is 5.87. The molecule has 0 unspecified atom stereocenters. The van der Waals surface area contributed by atoms with Crippen LogP contribution in [0.5, 0.6) is 5.75 Å². The Hall–Kier alpha value is -2.24. The number of rotatable bonds is 11. The predicted molar refractivity (Wildman–Crippen MR) is 130 cm³/mol. The second kappa shape index (κ2) is 12.7. The van der Waals surface area contributed by atoms with Crippen LogP contribution in [0.4, 0.5) is 0 Å². The fraction of sp³-hybridized carbons (Fsp3) is 0.440. The van der Waals surface area contributed by atoms with Gasteiger partial charge in [-0.2, -0.15) is 0 Å². The van der Waals surface area contributed by atoms with Crippen molar-refractivity contribution in [2.24, 2.45) is 0 Å². The molecule has 0 aliphatic carbocycles. The molecule has 0 aliphatic rings. The number of carbonyl (C=O) groups is 2. The van der Waals surface area contributed by atoms with Crippen molar-refractivity contribution in [3.05, 3.63) is 63.1 Å². The Morgan fingerprint density at radius 3 is 2.25 bits per heavy atom. The number of hydrogen-bond donors (Lipinski definition) is 1. The van der Waals surface area contributed by atoms with Gasteiger partial charge in [-0.3, -0.25) is 9.59 Å². The maximum Gasteiger partial charge on any atom is 0.261 e. The molecule has 0 spiro atoms. The van der Waals surface area contributed by atoms with Crippen LogP contribution in [0, 0.1) is 13.8 Å². The van der Waals surface area contributed by atoms with E-state index in [0.29, 0.717) is 34.3 Å². The monoisotopic (exact) mass is 478 g/mol. The second-order valence-electron chi connectivity index (χ2n) is 7.90. The molecule has 7 heteroatoms. The minimum atomic E-state index is -0.658. The zero-order valence-electron chi connectivity index (χ0n) is 19.2. The zero-order valence-corrected chi connectivity index (χ0v) is 20.7. The molecular weight excluding hydrogens is 447 g/mol. The summed E-state index contributed by atoms with van der Waals surface area (Å²) in [6, 6.07) is 10.3. The topological polar surface area (TPSA) is 58.6 Å². The largest absolute Gasteiger partial charge is 0.484 e. The first kappa shape index (κ1) is 26.0. The number of halogens is 2. The van der Waals surface area contributed by atoms with Crippen LogP contribution < -0.4 is 10.1 Å². The molecule has 2 aromatic rings. The highest BCUT2D eigenvalue weighted by Gasteiger charge is 2.30. The van der Waals surface area contributed by atoms with Crippen molar-refractivity contribution in [2.45, 2.75) is 59.5 Å². The van der Waals surface area contributed by atoms with Gasteiger partial charge in [-0.25, -0.2) is 0 Å². The van der Waals surface area contributed by atoms with Gasteiger partial charge < -0.3 is 15.0 Å². The third-order valence-electron chi connectivity index (χ3n) is 5.16. The second-order valence-corrected chi connectivity index (χ2v) is 8.72. The number of unbranched alkanes of at least 4 members (excludes halogenated alkanes) is 1. The SMILES string of the molecule is CCCCNC(=O)[C@H](CC)N(Cc1c(Cl)cccc1Cl)C(=O)COc1cc(C)cc(C)c1. The number of nitrogens with zero attached hydrogens (tertiary/aromatic N) is 1. The molecule has 1 N–H and O–H groups in total. The maximum atomic E-state index is 13.3. The molecule has 5 nitrogen and oxygen atoms in total. The molecule has 0 heterocycles. The molecule has 1 atom stereocenters. The lowest BCUT2D eigenvalue weighted by Crippen LogP contribution is -2.50. The quantitative estimate of drug-likeness (QED) is 0.420. The lowest BCUT2D eigenvalue weighted by Gasteiger charge is -2.31. The molecule has 0 aromatic heterocycles. The Kier molecular flexibility index (Phi) is 10.3. The first-order valence-electron chi connectivity index (χ1n) is 11.0. The first-order chi connectivity index (χ1) is 15.3. The van der Waals surface area contributed by atoms with E-state index >= 15 is 0 Å². The fourth-order valence-electron chi connectivity index (χ4n) is 3.52. The van der Waals surface area contributed by atoms with Crippen LogP contribution in [0.2, 0.25) is 10.0 Å². The summed E-state index contributed by atoms with van der Waals surface area (Å²) in [6.45, 7) is 8.38. The first-order valence-corrected chi connectivity index (χ1v) is 11.7. The van der Waals surface area contributed by atoms with E-state index in [1.54, 1.807) is 18.2 Å². The van der Waals surface area contributed by atoms with Crippen molar-refractivity contribution in [1.82, 2.24) is 10.2 Å².